The number of hydrogen-bond donors (Lipinski definition) is 0. The van der Waals surface area contributed by atoms with Crippen LogP contribution in [0.5, 0.6) is 0 Å². The average molecular weight is 260 g/mol. The summed E-state index contributed by atoms with van der Waals surface area (Å²) in [6.07, 6.45) is 0. The fraction of sp³-hybridized carbons (Fsp3) is 0. The van der Waals surface area contributed by atoms with E-state index in [9.17, 15) is 0 Å². The smallest absolute Gasteiger partial charge is 1.00 e. The first-order valence-electron chi connectivity index (χ1n) is 0.885. The van der Waals surface area contributed by atoms with Crippen molar-refractivity contribution >= 4 is 103 Å². The van der Waals surface area contributed by atoms with Crippen LogP contribution in [-0.2, 0) is 8.64 Å². The van der Waals surface area contributed by atoms with Crippen LogP contribution in [0.2, 0.25) is 0 Å². The van der Waals surface area contributed by atoms with E-state index in [1.807, 2.05) is 0 Å². The second-order valence-corrected chi connectivity index (χ2v) is 1.96. The maximum Gasteiger partial charge on any atom is 2.00 e. The average Bonchev–Trinajstić information content (AvgIpc) is 1.35. The third kappa shape index (κ3) is 16.1. The molecule has 0 radical (unpaired) electrons. The van der Waals surface area contributed by atoms with Gasteiger partial charge in [-0.1, -0.05) is 0 Å². The minimum absolute atomic E-state index is 0. The van der Waals surface area contributed by atoms with Crippen LogP contribution < -0.4 is 9.79 Å². The van der Waals surface area contributed by atoms with E-state index in [1.165, 1.54) is 0 Å². The van der Waals surface area contributed by atoms with Gasteiger partial charge in [0, 0.05) is 0 Å². The van der Waals surface area contributed by atoms with Crippen molar-refractivity contribution in [3.8, 4) is 0 Å². The minimum Gasteiger partial charge on any atom is -1.00 e. The van der Waals surface area contributed by atoms with Crippen LogP contribution in [0, 0.1) is 0 Å². The van der Waals surface area contributed by atoms with Crippen molar-refractivity contribution < 1.29 is 21.3 Å². The van der Waals surface area contributed by atoms with Gasteiger partial charge >= 0.3 is 83.2 Å². The van der Waals surface area contributed by atoms with Crippen LogP contribution in [0.25, 0.3) is 0 Å². The number of phosphoric acid groups is 1. The Bertz CT molecular complexity index is 87.3. The molecule has 0 unspecified atom stereocenters. The van der Waals surface area contributed by atoms with Gasteiger partial charge in [-0.2, -0.15) is 0 Å². The zero-order valence-corrected chi connectivity index (χ0v) is 11.2. The molecule has 0 aromatic carbocycles. The predicted octanol–water partition coefficient (Wildman–Crippen LogP) is -1.55. The van der Waals surface area contributed by atoms with Crippen molar-refractivity contribution in [3.63, 3.8) is 0 Å². The molecule has 0 rings (SSSR count). The van der Waals surface area contributed by atoms with Crippen molar-refractivity contribution in [2.75, 3.05) is 0 Å². The van der Waals surface area contributed by atoms with Crippen molar-refractivity contribution in [1.29, 1.82) is 0 Å². The SMILES string of the molecule is O=P([O-])([O-])OCl.[Ca+2].[H-].[H-].[Sr+2]. The van der Waals surface area contributed by atoms with E-state index in [4.69, 9.17) is 14.4 Å². The Labute approximate surface area is 122 Å². The quantitative estimate of drug-likeness (QED) is 0.422. The second kappa shape index (κ2) is 8.24. The van der Waals surface area contributed by atoms with Gasteiger partial charge in [-0.3, -0.25) is 0 Å². The minimum atomic E-state index is -4.88. The molecule has 0 aliphatic heterocycles. The van der Waals surface area contributed by atoms with Crippen LogP contribution in [0.1, 0.15) is 2.85 Å². The van der Waals surface area contributed by atoms with Gasteiger partial charge in [0.15, 0.2) is 0 Å². The van der Waals surface area contributed by atoms with Crippen molar-refractivity contribution in [3.05, 3.63) is 0 Å². The van der Waals surface area contributed by atoms with E-state index in [1.54, 1.807) is 0 Å². The van der Waals surface area contributed by atoms with Crippen molar-refractivity contribution in [2.24, 2.45) is 0 Å². The van der Waals surface area contributed by atoms with Gasteiger partial charge in [0.25, 0.3) is 0 Å². The standard InChI is InChI=1S/Ca.ClH2O4P.Sr.2H/c;1-5-6(2,3)4;;;/h;(H2,2,3,4);;;/q+2;;+2;2*-1/p-2. The summed E-state index contributed by atoms with van der Waals surface area (Å²) in [5, 5.41) is 0. The molecular formula is H2CaClO4PSr. The summed E-state index contributed by atoms with van der Waals surface area (Å²) in [7, 11) is -4.88. The molecule has 0 amide bonds. The number of halogens is 1. The first kappa shape index (κ1) is 17.3. The monoisotopic (exact) mass is 260 g/mol. The molecule has 0 bridgehead atoms. The van der Waals surface area contributed by atoms with Crippen LogP contribution in [0.4, 0.5) is 0 Å². The molecule has 0 aromatic heterocycles. The third-order valence-electron chi connectivity index (χ3n) is 0.0845. The van der Waals surface area contributed by atoms with Crippen LogP contribution in [0.3, 0.4) is 0 Å². The van der Waals surface area contributed by atoms with E-state index < -0.39 is 7.82 Å². The molecule has 4 nitrogen and oxygen atoms in total. The Morgan fingerprint density at radius 1 is 1.62 bits per heavy atom. The Morgan fingerprint density at radius 3 is 1.75 bits per heavy atom. The summed E-state index contributed by atoms with van der Waals surface area (Å²) in [6.45, 7) is 0. The molecule has 0 atom stereocenters. The Hall–Kier alpha value is 3.14. The Balaban J connectivity index is -0.0000000208. The zero-order valence-electron chi connectivity index (χ0n) is 5.87. The topological polar surface area (TPSA) is 72.4 Å². The van der Waals surface area contributed by atoms with E-state index in [0.29, 0.717) is 0 Å². The van der Waals surface area contributed by atoms with Gasteiger partial charge in [-0.15, -0.1) is 0 Å². The van der Waals surface area contributed by atoms with Crippen molar-refractivity contribution in [1.82, 2.24) is 0 Å². The van der Waals surface area contributed by atoms with Gasteiger partial charge in [-0.05, 0) is 0 Å². The molecule has 0 saturated heterocycles. The molecule has 0 aromatic rings. The summed E-state index contributed by atoms with van der Waals surface area (Å²) in [6, 6.07) is 0. The van der Waals surface area contributed by atoms with Gasteiger partial charge in [-0.25, -0.2) is 4.08 Å². The summed E-state index contributed by atoms with van der Waals surface area (Å²) in [5.74, 6) is 0. The molecule has 8 heteroatoms. The molecule has 0 heterocycles. The van der Waals surface area contributed by atoms with Gasteiger partial charge in [0.1, 0.15) is 0 Å². The number of rotatable bonds is 1. The van der Waals surface area contributed by atoms with Crippen LogP contribution in [0.15, 0.2) is 0 Å². The van der Waals surface area contributed by atoms with E-state index in [2.05, 4.69) is 15.9 Å². The maximum absolute atomic E-state index is 9.12. The molecule has 0 aliphatic carbocycles. The summed E-state index contributed by atoms with van der Waals surface area (Å²) in [5.41, 5.74) is 0. The molecule has 0 aliphatic rings. The van der Waals surface area contributed by atoms with Gasteiger partial charge < -0.3 is 17.2 Å². The predicted molar refractivity (Wildman–Crippen MR) is 28.3 cm³/mol. The molecular weight excluding hydrogens is 258 g/mol. The van der Waals surface area contributed by atoms with Crippen molar-refractivity contribution in [2.45, 2.75) is 0 Å². The molecule has 0 spiro atoms. The fourth-order valence-corrected chi connectivity index (χ4v) is 0. The summed E-state index contributed by atoms with van der Waals surface area (Å²) in [4.78, 5) is 18.2. The molecule has 42 valence electrons. The normalized spacial score (nSPS) is 8.88. The maximum atomic E-state index is 9.12. The second-order valence-electron chi connectivity index (χ2n) is 0.516. The van der Waals surface area contributed by atoms with E-state index in [0.717, 1.165) is 0 Å². The summed E-state index contributed by atoms with van der Waals surface area (Å²) >= 11 is 4.09. The Kier molecular flexibility index (Phi) is 17.8. The zero-order chi connectivity index (χ0) is 5.21. The first-order valence-corrected chi connectivity index (χ1v) is 2.65. The van der Waals surface area contributed by atoms with E-state index in [-0.39, 0.29) is 86.1 Å². The molecule has 8 heavy (non-hydrogen) atoms. The Morgan fingerprint density at radius 2 is 1.75 bits per heavy atom. The van der Waals surface area contributed by atoms with Gasteiger partial charge in [0.05, 0.1) is 19.7 Å². The third-order valence-corrected chi connectivity index (χ3v) is 0.761. The van der Waals surface area contributed by atoms with E-state index >= 15 is 0 Å². The van der Waals surface area contributed by atoms with Crippen LogP contribution in [-0.4, -0.2) is 83.2 Å². The summed E-state index contributed by atoms with van der Waals surface area (Å²) < 4.78 is 12.0. The molecule has 0 N–H and O–H groups in total. The molecule has 0 saturated carbocycles. The molecule has 0 fully saturated rings. The first-order chi connectivity index (χ1) is 2.56. The fourth-order valence-electron chi connectivity index (χ4n) is 0. The number of hydrogen-bond acceptors (Lipinski definition) is 4. The largest absolute Gasteiger partial charge is 2.00 e. The van der Waals surface area contributed by atoms with Gasteiger partial charge in [0.2, 0.25) is 0 Å². The van der Waals surface area contributed by atoms with Crippen LogP contribution >= 0.6 is 19.7 Å².